The molecule has 0 saturated carbocycles. The first-order valence-electron chi connectivity index (χ1n) is 4.60. The Labute approximate surface area is 91.5 Å². The van der Waals surface area contributed by atoms with Crippen molar-refractivity contribution in [3.8, 4) is 11.5 Å². The van der Waals surface area contributed by atoms with E-state index < -0.39 is 23.5 Å². The number of aliphatic hydroxyl groups excluding tert-OH is 1. The first-order valence-corrected chi connectivity index (χ1v) is 4.60. The van der Waals surface area contributed by atoms with Gasteiger partial charge in [0, 0.05) is 12.6 Å². The molecule has 0 radical (unpaired) electrons. The Kier molecular flexibility index (Phi) is 4.03. The minimum absolute atomic E-state index is 0.0345. The second-order valence-corrected chi connectivity index (χ2v) is 3.21. The zero-order chi connectivity index (χ0) is 12.3. The van der Waals surface area contributed by atoms with E-state index in [9.17, 15) is 19.0 Å². The van der Waals surface area contributed by atoms with Crippen molar-refractivity contribution in [1.82, 2.24) is 5.32 Å². The number of aliphatic hydroxyl groups is 1. The second-order valence-electron chi connectivity index (χ2n) is 3.21. The molecular formula is C10H13F2NO3. The van der Waals surface area contributed by atoms with Crippen LogP contribution in [0.25, 0.3) is 0 Å². The normalized spacial score (nSPS) is 12.6. The van der Waals surface area contributed by atoms with Gasteiger partial charge in [-0.15, -0.1) is 0 Å². The van der Waals surface area contributed by atoms with Crippen molar-refractivity contribution in [2.45, 2.75) is 6.10 Å². The first-order chi connectivity index (χ1) is 7.52. The van der Waals surface area contributed by atoms with E-state index in [1.807, 2.05) is 0 Å². The summed E-state index contributed by atoms with van der Waals surface area (Å²) in [4.78, 5) is 0. The lowest BCUT2D eigenvalue weighted by atomic mass is 10.1. The van der Waals surface area contributed by atoms with Crippen LogP contribution in [0.1, 0.15) is 11.7 Å². The van der Waals surface area contributed by atoms with Crippen LogP contribution in [0.3, 0.4) is 0 Å². The summed E-state index contributed by atoms with van der Waals surface area (Å²) in [6, 6.07) is 0.504. The van der Waals surface area contributed by atoms with Crippen LogP contribution in [0.2, 0.25) is 0 Å². The Morgan fingerprint density at radius 1 is 1.44 bits per heavy atom. The van der Waals surface area contributed by atoms with Gasteiger partial charge in [0.2, 0.25) is 0 Å². The van der Waals surface area contributed by atoms with E-state index in [0.717, 1.165) is 0 Å². The maximum atomic E-state index is 13.3. The van der Waals surface area contributed by atoms with Crippen LogP contribution in [-0.4, -0.2) is 30.9 Å². The largest absolute Gasteiger partial charge is 0.504 e. The number of hydrogen-bond acceptors (Lipinski definition) is 4. The molecule has 90 valence electrons. The molecule has 6 heteroatoms. The lowest BCUT2D eigenvalue weighted by Crippen LogP contribution is -2.18. The minimum atomic E-state index is -1.26. The zero-order valence-corrected chi connectivity index (χ0v) is 8.92. The maximum Gasteiger partial charge on any atom is 0.168 e. The molecule has 0 spiro atoms. The van der Waals surface area contributed by atoms with Gasteiger partial charge in [-0.1, -0.05) is 0 Å². The third kappa shape index (κ3) is 2.23. The standard InChI is InChI=1S/C10H13F2NO3/c1-13-4-7(14)8-9(15)5(11)3-6(12)10(8)16-2/h3,7,13-15H,4H2,1-2H3. The van der Waals surface area contributed by atoms with Gasteiger partial charge in [0.25, 0.3) is 0 Å². The predicted molar refractivity (Wildman–Crippen MR) is 53.5 cm³/mol. The Bertz CT molecular complexity index is 385. The highest BCUT2D eigenvalue weighted by Crippen LogP contribution is 2.37. The van der Waals surface area contributed by atoms with E-state index in [-0.39, 0.29) is 17.9 Å². The van der Waals surface area contributed by atoms with Crippen LogP contribution in [0, 0.1) is 11.6 Å². The third-order valence-corrected chi connectivity index (χ3v) is 2.13. The van der Waals surface area contributed by atoms with E-state index in [1.165, 1.54) is 7.11 Å². The molecule has 0 saturated heterocycles. The lowest BCUT2D eigenvalue weighted by Gasteiger charge is -2.16. The summed E-state index contributed by atoms with van der Waals surface area (Å²) in [6.07, 6.45) is -1.26. The molecule has 1 atom stereocenters. The summed E-state index contributed by atoms with van der Waals surface area (Å²) < 4.78 is 31.1. The highest BCUT2D eigenvalue weighted by atomic mass is 19.1. The highest BCUT2D eigenvalue weighted by molar-refractivity contribution is 5.47. The average molecular weight is 233 g/mol. The Morgan fingerprint density at radius 3 is 2.56 bits per heavy atom. The van der Waals surface area contributed by atoms with E-state index in [0.29, 0.717) is 6.07 Å². The number of nitrogens with one attached hydrogen (secondary N) is 1. The van der Waals surface area contributed by atoms with Gasteiger partial charge >= 0.3 is 0 Å². The fourth-order valence-corrected chi connectivity index (χ4v) is 1.42. The molecule has 16 heavy (non-hydrogen) atoms. The molecule has 1 unspecified atom stereocenters. The topological polar surface area (TPSA) is 61.7 Å². The van der Waals surface area contributed by atoms with Crippen molar-refractivity contribution in [1.29, 1.82) is 0 Å². The van der Waals surface area contributed by atoms with Crippen LogP contribution in [0.5, 0.6) is 11.5 Å². The van der Waals surface area contributed by atoms with Gasteiger partial charge in [0.1, 0.15) is 0 Å². The number of hydrogen-bond donors (Lipinski definition) is 3. The lowest BCUT2D eigenvalue weighted by molar-refractivity contribution is 0.166. The second kappa shape index (κ2) is 5.09. The molecule has 1 aromatic rings. The van der Waals surface area contributed by atoms with Crippen LogP contribution < -0.4 is 10.1 Å². The van der Waals surface area contributed by atoms with Crippen molar-refractivity contribution in [2.24, 2.45) is 0 Å². The van der Waals surface area contributed by atoms with Crippen LogP contribution in [0.4, 0.5) is 8.78 Å². The fraction of sp³-hybridized carbons (Fsp3) is 0.400. The van der Waals surface area contributed by atoms with Crippen molar-refractivity contribution < 1.29 is 23.7 Å². The van der Waals surface area contributed by atoms with Crippen molar-refractivity contribution in [3.63, 3.8) is 0 Å². The molecular weight excluding hydrogens is 220 g/mol. The number of halogens is 2. The summed E-state index contributed by atoms with van der Waals surface area (Å²) in [5.74, 6) is -3.27. The molecule has 0 aliphatic rings. The predicted octanol–water partition coefficient (Wildman–Crippen LogP) is 0.932. The maximum absolute atomic E-state index is 13.3. The molecule has 1 aromatic carbocycles. The Morgan fingerprint density at radius 2 is 2.06 bits per heavy atom. The van der Waals surface area contributed by atoms with Gasteiger partial charge in [0.15, 0.2) is 23.1 Å². The molecule has 1 rings (SSSR count). The van der Waals surface area contributed by atoms with E-state index >= 15 is 0 Å². The first kappa shape index (κ1) is 12.7. The van der Waals surface area contributed by atoms with Crippen LogP contribution in [0.15, 0.2) is 6.07 Å². The van der Waals surface area contributed by atoms with Crippen LogP contribution in [-0.2, 0) is 0 Å². The number of phenolic OH excluding ortho intramolecular Hbond substituents is 1. The average Bonchev–Trinajstić information content (AvgIpc) is 2.23. The molecule has 0 heterocycles. The van der Waals surface area contributed by atoms with E-state index in [1.54, 1.807) is 7.05 Å². The molecule has 0 fully saturated rings. The molecule has 0 aromatic heterocycles. The Hall–Kier alpha value is -1.40. The number of phenols is 1. The van der Waals surface area contributed by atoms with Gasteiger partial charge in [-0.05, 0) is 7.05 Å². The molecule has 4 nitrogen and oxygen atoms in total. The molecule has 0 aliphatic carbocycles. The summed E-state index contributed by atoms with van der Waals surface area (Å²) in [5.41, 5.74) is -0.297. The summed E-state index contributed by atoms with van der Waals surface area (Å²) in [6.45, 7) is 0.0345. The molecule has 3 N–H and O–H groups in total. The van der Waals surface area contributed by atoms with Gasteiger partial charge in [-0.25, -0.2) is 8.78 Å². The summed E-state index contributed by atoms with van der Waals surface area (Å²) in [7, 11) is 2.73. The minimum Gasteiger partial charge on any atom is -0.504 e. The van der Waals surface area contributed by atoms with Gasteiger partial charge in [0.05, 0.1) is 18.8 Å². The molecule has 0 aliphatic heterocycles. The Balaban J connectivity index is 3.32. The van der Waals surface area contributed by atoms with Crippen molar-refractivity contribution in [2.75, 3.05) is 20.7 Å². The van der Waals surface area contributed by atoms with Gasteiger partial charge in [-0.3, -0.25) is 0 Å². The quantitative estimate of drug-likeness (QED) is 0.724. The van der Waals surface area contributed by atoms with E-state index in [2.05, 4.69) is 10.1 Å². The number of ether oxygens (including phenoxy) is 1. The van der Waals surface area contributed by atoms with Gasteiger partial charge in [-0.2, -0.15) is 0 Å². The summed E-state index contributed by atoms with van der Waals surface area (Å²) in [5, 5.41) is 21.7. The van der Waals surface area contributed by atoms with E-state index in [4.69, 9.17) is 0 Å². The highest BCUT2D eigenvalue weighted by Gasteiger charge is 2.24. The SMILES string of the molecule is CNCC(O)c1c(O)c(F)cc(F)c1OC. The number of rotatable bonds is 4. The smallest absolute Gasteiger partial charge is 0.168 e. The number of likely N-dealkylation sites (N-methyl/N-ethyl adjacent to an activating group) is 1. The fourth-order valence-electron chi connectivity index (χ4n) is 1.42. The van der Waals surface area contributed by atoms with Crippen molar-refractivity contribution in [3.05, 3.63) is 23.3 Å². The number of methoxy groups -OCH3 is 1. The monoisotopic (exact) mass is 233 g/mol. The molecule has 0 amide bonds. The summed E-state index contributed by atoms with van der Waals surface area (Å²) >= 11 is 0. The molecule has 0 bridgehead atoms. The zero-order valence-electron chi connectivity index (χ0n) is 8.92. The van der Waals surface area contributed by atoms with Crippen LogP contribution >= 0.6 is 0 Å². The van der Waals surface area contributed by atoms with Gasteiger partial charge < -0.3 is 20.3 Å². The number of benzene rings is 1. The third-order valence-electron chi connectivity index (χ3n) is 2.13. The number of aromatic hydroxyl groups is 1. The van der Waals surface area contributed by atoms with Crippen molar-refractivity contribution >= 4 is 0 Å².